The fourth-order valence-electron chi connectivity index (χ4n) is 2.61. The van der Waals surface area contributed by atoms with Gasteiger partial charge in [-0.15, -0.1) is 0 Å². The van der Waals surface area contributed by atoms with Crippen molar-refractivity contribution in [2.24, 2.45) is 17.6 Å². The number of rotatable bonds is 4. The van der Waals surface area contributed by atoms with E-state index in [1.807, 2.05) is 0 Å². The minimum absolute atomic E-state index is 0.100. The predicted octanol–water partition coefficient (Wildman–Crippen LogP) is 0.971. The Kier molecular flexibility index (Phi) is 4.64. The average Bonchev–Trinajstić information content (AvgIpc) is 2.46. The molecule has 3 N–H and O–H groups in total. The van der Waals surface area contributed by atoms with Crippen molar-refractivity contribution >= 4 is 5.91 Å². The monoisotopic (exact) mass is 248 g/mol. The molecule has 18 heavy (non-hydrogen) atoms. The van der Waals surface area contributed by atoms with Gasteiger partial charge in [0.1, 0.15) is 6.33 Å². The number of nitrogens with zero attached hydrogens (tertiary/aromatic N) is 2. The summed E-state index contributed by atoms with van der Waals surface area (Å²) < 4.78 is 0. The zero-order chi connectivity index (χ0) is 12.8. The van der Waals surface area contributed by atoms with Crippen molar-refractivity contribution in [3.8, 4) is 0 Å². The van der Waals surface area contributed by atoms with E-state index in [0.717, 1.165) is 13.0 Å². The largest absolute Gasteiger partial charge is 0.352 e. The van der Waals surface area contributed by atoms with Gasteiger partial charge in [-0.1, -0.05) is 12.8 Å². The van der Waals surface area contributed by atoms with Crippen molar-refractivity contribution in [1.82, 2.24) is 15.3 Å². The molecule has 0 bridgehead atoms. The molecule has 2 unspecified atom stereocenters. The minimum Gasteiger partial charge on any atom is -0.352 e. The van der Waals surface area contributed by atoms with Crippen LogP contribution in [-0.2, 0) is 0 Å². The lowest BCUT2D eigenvalue weighted by molar-refractivity contribution is 0.0934. The van der Waals surface area contributed by atoms with E-state index in [9.17, 15) is 4.79 Å². The number of carbonyl (C=O) groups excluding carboxylic acids is 1. The molecule has 1 aromatic rings. The molecule has 2 atom stereocenters. The Bertz CT molecular complexity index is 382. The molecule has 0 spiro atoms. The quantitative estimate of drug-likeness (QED) is 0.832. The summed E-state index contributed by atoms with van der Waals surface area (Å²) in [6, 6.07) is 0. The second-order valence-corrected chi connectivity index (χ2v) is 4.88. The molecule has 5 nitrogen and oxygen atoms in total. The van der Waals surface area contributed by atoms with Gasteiger partial charge in [-0.05, 0) is 31.2 Å². The molecule has 1 amide bonds. The predicted molar refractivity (Wildman–Crippen MR) is 68.9 cm³/mol. The molecule has 0 radical (unpaired) electrons. The van der Waals surface area contributed by atoms with E-state index in [1.165, 1.54) is 38.0 Å². The van der Waals surface area contributed by atoms with Gasteiger partial charge in [0.05, 0.1) is 5.56 Å². The van der Waals surface area contributed by atoms with Gasteiger partial charge in [-0.3, -0.25) is 4.79 Å². The van der Waals surface area contributed by atoms with Crippen molar-refractivity contribution in [2.45, 2.75) is 25.7 Å². The minimum atomic E-state index is -0.100. The first kappa shape index (κ1) is 13.0. The fraction of sp³-hybridized carbons (Fsp3) is 0.615. The number of carbonyl (C=O) groups is 1. The Balaban J connectivity index is 1.85. The number of amides is 1. The van der Waals surface area contributed by atoms with Crippen LogP contribution in [0.3, 0.4) is 0 Å². The molecule has 98 valence electrons. The zero-order valence-corrected chi connectivity index (χ0v) is 10.5. The Morgan fingerprint density at radius 1 is 1.28 bits per heavy atom. The lowest BCUT2D eigenvalue weighted by atomic mass is 9.79. The summed E-state index contributed by atoms with van der Waals surface area (Å²) in [6.45, 7) is 1.42. The third-order valence-electron chi connectivity index (χ3n) is 3.72. The highest BCUT2D eigenvalue weighted by molar-refractivity contribution is 5.93. The van der Waals surface area contributed by atoms with Crippen LogP contribution in [-0.4, -0.2) is 29.0 Å². The fourth-order valence-corrected chi connectivity index (χ4v) is 2.61. The Labute approximate surface area is 107 Å². The molecule has 5 heteroatoms. The summed E-state index contributed by atoms with van der Waals surface area (Å²) in [5.41, 5.74) is 6.29. The maximum atomic E-state index is 11.9. The molecule has 1 heterocycles. The molecule has 0 aliphatic heterocycles. The Morgan fingerprint density at radius 3 is 2.61 bits per heavy atom. The van der Waals surface area contributed by atoms with Crippen LogP contribution in [0.25, 0.3) is 0 Å². The molecule has 1 saturated carbocycles. The van der Waals surface area contributed by atoms with E-state index in [-0.39, 0.29) is 5.91 Å². The molecule has 1 aromatic heterocycles. The maximum absolute atomic E-state index is 11.9. The summed E-state index contributed by atoms with van der Waals surface area (Å²) in [5.74, 6) is 0.959. The first-order valence-electron chi connectivity index (χ1n) is 6.54. The van der Waals surface area contributed by atoms with E-state index < -0.39 is 0 Å². The number of nitrogens with one attached hydrogen (secondary N) is 1. The van der Waals surface area contributed by atoms with E-state index in [1.54, 1.807) is 0 Å². The van der Waals surface area contributed by atoms with Crippen LogP contribution >= 0.6 is 0 Å². The smallest absolute Gasteiger partial charge is 0.254 e. The Morgan fingerprint density at radius 2 is 1.94 bits per heavy atom. The van der Waals surface area contributed by atoms with Crippen LogP contribution in [0.5, 0.6) is 0 Å². The van der Waals surface area contributed by atoms with Gasteiger partial charge in [-0.25, -0.2) is 9.97 Å². The number of aromatic nitrogens is 2. The van der Waals surface area contributed by atoms with Gasteiger partial charge >= 0.3 is 0 Å². The third kappa shape index (κ3) is 3.26. The summed E-state index contributed by atoms with van der Waals surface area (Å²) in [6.07, 6.45) is 9.33. The van der Waals surface area contributed by atoms with Gasteiger partial charge in [0.2, 0.25) is 0 Å². The van der Waals surface area contributed by atoms with Gasteiger partial charge in [0.15, 0.2) is 0 Å². The molecule has 1 fully saturated rings. The van der Waals surface area contributed by atoms with Crippen molar-refractivity contribution in [2.75, 3.05) is 13.1 Å². The molecule has 1 aliphatic rings. The SMILES string of the molecule is NCC1CCCCC1CNC(=O)c1cncnc1. The first-order valence-corrected chi connectivity index (χ1v) is 6.54. The number of hydrogen-bond acceptors (Lipinski definition) is 4. The summed E-state index contributed by atoms with van der Waals surface area (Å²) >= 11 is 0. The van der Waals surface area contributed by atoms with Crippen molar-refractivity contribution < 1.29 is 4.79 Å². The van der Waals surface area contributed by atoms with Gasteiger partial charge in [-0.2, -0.15) is 0 Å². The molecular formula is C13H20N4O. The van der Waals surface area contributed by atoms with Crippen LogP contribution in [0.4, 0.5) is 0 Å². The van der Waals surface area contributed by atoms with Gasteiger partial charge < -0.3 is 11.1 Å². The normalized spacial score (nSPS) is 23.6. The van der Waals surface area contributed by atoms with Crippen LogP contribution < -0.4 is 11.1 Å². The van der Waals surface area contributed by atoms with Gasteiger partial charge in [0, 0.05) is 18.9 Å². The molecule has 0 saturated heterocycles. The number of nitrogens with two attached hydrogens (primary N) is 1. The summed E-state index contributed by atoms with van der Waals surface area (Å²) in [7, 11) is 0. The molecular weight excluding hydrogens is 228 g/mol. The van der Waals surface area contributed by atoms with E-state index in [0.29, 0.717) is 23.9 Å². The highest BCUT2D eigenvalue weighted by Gasteiger charge is 2.24. The summed E-state index contributed by atoms with van der Waals surface area (Å²) in [4.78, 5) is 19.5. The van der Waals surface area contributed by atoms with Crippen LogP contribution in [0.2, 0.25) is 0 Å². The van der Waals surface area contributed by atoms with Crippen LogP contribution in [0.1, 0.15) is 36.0 Å². The van der Waals surface area contributed by atoms with Crippen LogP contribution in [0.15, 0.2) is 18.7 Å². The van der Waals surface area contributed by atoms with E-state index >= 15 is 0 Å². The van der Waals surface area contributed by atoms with Gasteiger partial charge in [0.25, 0.3) is 5.91 Å². The van der Waals surface area contributed by atoms with E-state index in [2.05, 4.69) is 15.3 Å². The first-order chi connectivity index (χ1) is 8.81. The highest BCUT2D eigenvalue weighted by Crippen LogP contribution is 2.28. The van der Waals surface area contributed by atoms with Crippen LogP contribution in [0, 0.1) is 11.8 Å². The molecule has 1 aliphatic carbocycles. The second-order valence-electron chi connectivity index (χ2n) is 4.88. The summed E-state index contributed by atoms with van der Waals surface area (Å²) in [5, 5.41) is 2.96. The lowest BCUT2D eigenvalue weighted by Gasteiger charge is -2.30. The van der Waals surface area contributed by atoms with Crippen molar-refractivity contribution in [3.63, 3.8) is 0 Å². The van der Waals surface area contributed by atoms with Crippen molar-refractivity contribution in [1.29, 1.82) is 0 Å². The lowest BCUT2D eigenvalue weighted by Crippen LogP contribution is -2.37. The second kappa shape index (κ2) is 6.44. The van der Waals surface area contributed by atoms with Crippen molar-refractivity contribution in [3.05, 3.63) is 24.3 Å². The Hall–Kier alpha value is -1.49. The highest BCUT2D eigenvalue weighted by atomic mass is 16.1. The van der Waals surface area contributed by atoms with E-state index in [4.69, 9.17) is 5.73 Å². The maximum Gasteiger partial charge on any atom is 0.254 e. The zero-order valence-electron chi connectivity index (χ0n) is 10.5. The number of hydrogen-bond donors (Lipinski definition) is 2. The topological polar surface area (TPSA) is 80.9 Å². The third-order valence-corrected chi connectivity index (χ3v) is 3.72. The molecule has 2 rings (SSSR count). The molecule has 0 aromatic carbocycles. The average molecular weight is 248 g/mol. The standard InChI is InChI=1S/C13H20N4O/c14-5-10-3-1-2-4-11(10)8-17-13(18)12-6-15-9-16-7-12/h6-7,9-11H,1-5,8,14H2,(H,17,18).